The molecule has 0 saturated heterocycles. The van der Waals surface area contributed by atoms with Gasteiger partial charge in [0.05, 0.1) is 12.1 Å². The maximum atomic E-state index is 12.0. The Bertz CT molecular complexity index is 608. The summed E-state index contributed by atoms with van der Waals surface area (Å²) in [5.74, 6) is 0.778. The lowest BCUT2D eigenvalue weighted by atomic mass is 9.92. The number of rotatable bonds is 4. The highest BCUT2D eigenvalue weighted by atomic mass is 32.1. The summed E-state index contributed by atoms with van der Waals surface area (Å²) in [6, 6.07) is 7.44. The number of benzene rings is 1. The van der Waals surface area contributed by atoms with Crippen LogP contribution in [0.1, 0.15) is 39.3 Å². The zero-order chi connectivity index (χ0) is 15.6. The van der Waals surface area contributed by atoms with Crippen molar-refractivity contribution < 1.29 is 9.53 Å². The lowest BCUT2D eigenvalue weighted by Crippen LogP contribution is -2.44. The van der Waals surface area contributed by atoms with E-state index in [0.717, 1.165) is 17.0 Å². The molecule has 1 unspecified atom stereocenters. The molecule has 0 amide bonds. The Hall–Kier alpha value is -1.88. The quantitative estimate of drug-likeness (QED) is 0.838. The lowest BCUT2D eigenvalue weighted by Gasteiger charge is -2.31. The molecule has 5 heteroatoms. The van der Waals surface area contributed by atoms with Gasteiger partial charge in [-0.05, 0) is 46.0 Å². The van der Waals surface area contributed by atoms with Crippen LogP contribution in [0.5, 0.6) is 5.75 Å². The third kappa shape index (κ3) is 3.42. The maximum absolute atomic E-state index is 12.0. The van der Waals surface area contributed by atoms with Crippen molar-refractivity contribution in [2.45, 2.75) is 39.8 Å². The van der Waals surface area contributed by atoms with E-state index >= 15 is 0 Å². The van der Waals surface area contributed by atoms with Crippen molar-refractivity contribution in [1.82, 2.24) is 10.6 Å². The van der Waals surface area contributed by atoms with Gasteiger partial charge in [0.2, 0.25) is 0 Å². The largest absolute Gasteiger partial charge is 0.491 e. The molecule has 0 spiro atoms. The number of ketones is 1. The second kappa shape index (κ2) is 6.26. The second-order valence-corrected chi connectivity index (χ2v) is 5.74. The van der Waals surface area contributed by atoms with Gasteiger partial charge in [-0.25, -0.2) is 0 Å². The highest BCUT2D eigenvalue weighted by Crippen LogP contribution is 2.33. The van der Waals surface area contributed by atoms with Gasteiger partial charge >= 0.3 is 0 Å². The lowest BCUT2D eigenvalue weighted by molar-refractivity contribution is -0.114. The zero-order valence-electron chi connectivity index (χ0n) is 12.7. The molecule has 112 valence electrons. The molecule has 1 aromatic rings. The Balaban J connectivity index is 2.51. The van der Waals surface area contributed by atoms with E-state index in [1.807, 2.05) is 45.0 Å². The topological polar surface area (TPSA) is 50.4 Å². The van der Waals surface area contributed by atoms with Crippen LogP contribution in [-0.4, -0.2) is 17.0 Å². The number of ether oxygens (including phenoxy) is 1. The summed E-state index contributed by atoms with van der Waals surface area (Å²) in [7, 11) is 0. The van der Waals surface area contributed by atoms with E-state index in [0.29, 0.717) is 10.7 Å². The Morgan fingerprint density at radius 1 is 1.33 bits per heavy atom. The molecule has 2 rings (SSSR count). The molecular formula is C16H20N2O2S. The molecular weight excluding hydrogens is 284 g/mol. The molecule has 0 saturated carbocycles. The Kier molecular flexibility index (Phi) is 4.63. The van der Waals surface area contributed by atoms with Crippen LogP contribution in [0.15, 0.2) is 35.5 Å². The summed E-state index contributed by atoms with van der Waals surface area (Å²) >= 11 is 5.22. The fourth-order valence-corrected chi connectivity index (χ4v) is 2.75. The molecule has 0 bridgehead atoms. The number of carbonyl (C=O) groups excluding carboxylic acids is 1. The molecule has 0 radical (unpaired) electrons. The van der Waals surface area contributed by atoms with Gasteiger partial charge in [0.1, 0.15) is 5.75 Å². The standard InChI is InChI=1S/C16H20N2O2S/c1-9(2)20-13-8-6-5-7-12(13)15-14(11(4)19)10(3)17-16(21)18-15/h5-9,15H,1-4H3,(H2,17,18,21). The van der Waals surface area contributed by atoms with Gasteiger partial charge in [-0.1, -0.05) is 18.2 Å². The van der Waals surface area contributed by atoms with Crippen LogP contribution in [0.3, 0.4) is 0 Å². The Labute approximate surface area is 130 Å². The first kappa shape index (κ1) is 15.5. The summed E-state index contributed by atoms with van der Waals surface area (Å²) in [5.41, 5.74) is 2.39. The van der Waals surface area contributed by atoms with E-state index in [2.05, 4.69) is 10.6 Å². The fraction of sp³-hybridized carbons (Fsp3) is 0.375. The first-order valence-electron chi connectivity index (χ1n) is 6.95. The second-order valence-electron chi connectivity index (χ2n) is 5.33. The first-order valence-corrected chi connectivity index (χ1v) is 7.35. The summed E-state index contributed by atoms with van der Waals surface area (Å²) in [6.07, 6.45) is 0.0608. The van der Waals surface area contributed by atoms with Crippen LogP contribution in [0.25, 0.3) is 0 Å². The van der Waals surface area contributed by atoms with Crippen molar-refractivity contribution in [1.29, 1.82) is 0 Å². The molecule has 21 heavy (non-hydrogen) atoms. The minimum Gasteiger partial charge on any atom is -0.491 e. The maximum Gasteiger partial charge on any atom is 0.171 e. The summed E-state index contributed by atoms with van der Waals surface area (Å²) < 4.78 is 5.86. The van der Waals surface area contributed by atoms with E-state index in [-0.39, 0.29) is 17.9 Å². The monoisotopic (exact) mass is 304 g/mol. The predicted molar refractivity (Wildman–Crippen MR) is 87.2 cm³/mol. The molecule has 1 heterocycles. The molecule has 2 N–H and O–H groups in total. The number of allylic oxidation sites excluding steroid dienone is 1. The highest BCUT2D eigenvalue weighted by Gasteiger charge is 2.29. The van der Waals surface area contributed by atoms with E-state index in [9.17, 15) is 4.79 Å². The van der Waals surface area contributed by atoms with E-state index in [4.69, 9.17) is 17.0 Å². The Morgan fingerprint density at radius 2 is 2.00 bits per heavy atom. The molecule has 1 aromatic carbocycles. The van der Waals surface area contributed by atoms with Crippen molar-refractivity contribution in [3.05, 3.63) is 41.1 Å². The minimum atomic E-state index is -0.286. The normalized spacial score (nSPS) is 18.3. The van der Waals surface area contributed by atoms with Gasteiger partial charge in [-0.3, -0.25) is 4.79 Å². The van der Waals surface area contributed by atoms with Crippen molar-refractivity contribution in [2.75, 3.05) is 0 Å². The number of para-hydroxylation sites is 1. The van der Waals surface area contributed by atoms with E-state index in [1.165, 1.54) is 0 Å². The summed E-state index contributed by atoms with van der Waals surface area (Å²) in [6.45, 7) is 7.38. The van der Waals surface area contributed by atoms with Crippen LogP contribution in [0.2, 0.25) is 0 Å². The van der Waals surface area contributed by atoms with E-state index < -0.39 is 0 Å². The van der Waals surface area contributed by atoms with Crippen LogP contribution < -0.4 is 15.4 Å². The number of nitrogens with one attached hydrogen (secondary N) is 2. The molecule has 1 atom stereocenters. The predicted octanol–water partition coefficient (Wildman–Crippen LogP) is 2.86. The van der Waals surface area contributed by atoms with Gasteiger partial charge in [0.15, 0.2) is 10.9 Å². The summed E-state index contributed by atoms with van der Waals surface area (Å²) in [4.78, 5) is 12.0. The third-order valence-corrected chi connectivity index (χ3v) is 3.46. The SMILES string of the molecule is CC(=O)C1=C(C)NC(=S)NC1c1ccccc1OC(C)C. The average molecular weight is 304 g/mol. The van der Waals surface area contributed by atoms with Gasteiger partial charge in [0, 0.05) is 16.8 Å². The number of thiocarbonyl (C=S) groups is 1. The number of Topliss-reactive ketones (excluding diaryl/α,β-unsaturated/α-hetero) is 1. The van der Waals surface area contributed by atoms with E-state index in [1.54, 1.807) is 6.92 Å². The van der Waals surface area contributed by atoms with Gasteiger partial charge in [-0.2, -0.15) is 0 Å². The third-order valence-electron chi connectivity index (χ3n) is 3.24. The van der Waals surface area contributed by atoms with Crippen LogP contribution in [0.4, 0.5) is 0 Å². The van der Waals surface area contributed by atoms with Crippen LogP contribution in [-0.2, 0) is 4.79 Å². The van der Waals surface area contributed by atoms with Crippen molar-refractivity contribution in [2.24, 2.45) is 0 Å². The van der Waals surface area contributed by atoms with Crippen molar-refractivity contribution >= 4 is 23.1 Å². The molecule has 1 aliphatic rings. The number of hydrogen-bond donors (Lipinski definition) is 2. The Morgan fingerprint density at radius 3 is 2.62 bits per heavy atom. The van der Waals surface area contributed by atoms with Crippen LogP contribution >= 0.6 is 12.2 Å². The van der Waals surface area contributed by atoms with Crippen LogP contribution in [0, 0.1) is 0 Å². The van der Waals surface area contributed by atoms with Gasteiger partial charge in [-0.15, -0.1) is 0 Å². The smallest absolute Gasteiger partial charge is 0.171 e. The fourth-order valence-electron chi connectivity index (χ4n) is 2.47. The number of hydrogen-bond acceptors (Lipinski definition) is 3. The molecule has 1 aliphatic heterocycles. The van der Waals surface area contributed by atoms with Gasteiger partial charge < -0.3 is 15.4 Å². The number of carbonyl (C=O) groups is 1. The molecule has 0 aliphatic carbocycles. The minimum absolute atomic E-state index is 0.0133. The highest BCUT2D eigenvalue weighted by molar-refractivity contribution is 7.80. The molecule has 4 nitrogen and oxygen atoms in total. The van der Waals surface area contributed by atoms with Crippen molar-refractivity contribution in [3.63, 3.8) is 0 Å². The summed E-state index contributed by atoms with van der Waals surface area (Å²) in [5, 5.41) is 6.69. The van der Waals surface area contributed by atoms with Gasteiger partial charge in [0.25, 0.3) is 0 Å². The molecule has 0 aromatic heterocycles. The molecule has 0 fully saturated rings. The first-order chi connectivity index (χ1) is 9.90. The zero-order valence-corrected chi connectivity index (χ0v) is 13.5. The average Bonchev–Trinajstić information content (AvgIpc) is 2.37. The van der Waals surface area contributed by atoms with Crippen molar-refractivity contribution in [3.8, 4) is 5.75 Å².